The van der Waals surface area contributed by atoms with Gasteiger partial charge in [-0.25, -0.2) is 0 Å². The van der Waals surface area contributed by atoms with Crippen LogP contribution in [-0.2, 0) is 4.74 Å². The molecule has 3 aliphatic rings. The highest BCUT2D eigenvalue weighted by Crippen LogP contribution is 2.57. The van der Waals surface area contributed by atoms with Crippen molar-refractivity contribution in [2.75, 3.05) is 0 Å². The van der Waals surface area contributed by atoms with E-state index in [4.69, 9.17) is 4.74 Å². The van der Waals surface area contributed by atoms with Gasteiger partial charge in [0.05, 0.1) is 0 Å². The standard InChI is InChI=1S/C20H14O3/c21-17-14-8-13-10-5-2-1-4-9(10)11-6-3-7-12(15(11)13)16(14)19-20(23-19)18(17)22/h1-8,17-22H/t17-,18+,19-,20+/m1/s1. The minimum Gasteiger partial charge on any atom is -0.387 e. The molecule has 4 atom stereocenters. The summed E-state index contributed by atoms with van der Waals surface area (Å²) in [4.78, 5) is 0. The van der Waals surface area contributed by atoms with Gasteiger partial charge in [-0.05, 0) is 50.2 Å². The molecule has 0 amide bonds. The molecule has 3 aromatic carbocycles. The molecule has 0 radical (unpaired) electrons. The fraction of sp³-hybridized carbons (Fsp3) is 0.200. The molecule has 1 heterocycles. The van der Waals surface area contributed by atoms with Gasteiger partial charge in [0, 0.05) is 0 Å². The van der Waals surface area contributed by atoms with Gasteiger partial charge in [0.25, 0.3) is 0 Å². The number of epoxide rings is 1. The second-order valence-corrected chi connectivity index (χ2v) is 6.66. The van der Waals surface area contributed by atoms with E-state index in [1.807, 2.05) is 6.07 Å². The lowest BCUT2D eigenvalue weighted by Gasteiger charge is -2.25. The summed E-state index contributed by atoms with van der Waals surface area (Å²) in [5.74, 6) is 0. The largest absolute Gasteiger partial charge is 0.387 e. The van der Waals surface area contributed by atoms with E-state index < -0.39 is 12.2 Å². The van der Waals surface area contributed by atoms with Crippen LogP contribution in [-0.4, -0.2) is 22.4 Å². The minimum absolute atomic E-state index is 0.0867. The van der Waals surface area contributed by atoms with E-state index in [0.717, 1.165) is 22.1 Å². The zero-order chi connectivity index (χ0) is 15.3. The number of hydrogen-bond donors (Lipinski definition) is 2. The zero-order valence-electron chi connectivity index (χ0n) is 12.2. The van der Waals surface area contributed by atoms with Crippen molar-refractivity contribution in [2.45, 2.75) is 24.4 Å². The number of aliphatic hydroxyl groups excluding tert-OH is 2. The Morgan fingerprint density at radius 2 is 1.57 bits per heavy atom. The molecule has 3 nitrogen and oxygen atoms in total. The Kier molecular flexibility index (Phi) is 2.03. The molecule has 112 valence electrons. The molecule has 3 aromatic rings. The molecule has 0 aromatic heterocycles. The SMILES string of the molecule is O[C@@H]1[C@@H]2O[C@@H]2c2c(cc3c4c(cccc24)-c2ccccc2-3)[C@H]1O. The van der Waals surface area contributed by atoms with Crippen molar-refractivity contribution < 1.29 is 14.9 Å². The van der Waals surface area contributed by atoms with Crippen molar-refractivity contribution in [3.63, 3.8) is 0 Å². The predicted molar refractivity (Wildman–Crippen MR) is 87.0 cm³/mol. The lowest BCUT2D eigenvalue weighted by molar-refractivity contribution is 0.000129. The molecular weight excluding hydrogens is 288 g/mol. The van der Waals surface area contributed by atoms with Crippen LogP contribution in [0.2, 0.25) is 0 Å². The number of hydrogen-bond acceptors (Lipinski definition) is 3. The van der Waals surface area contributed by atoms with Crippen molar-refractivity contribution in [2.24, 2.45) is 0 Å². The van der Waals surface area contributed by atoms with Crippen molar-refractivity contribution in [1.82, 2.24) is 0 Å². The quantitative estimate of drug-likeness (QED) is 0.490. The molecule has 2 N–H and O–H groups in total. The third kappa shape index (κ3) is 1.33. The van der Waals surface area contributed by atoms with Gasteiger partial charge in [0.2, 0.25) is 0 Å². The summed E-state index contributed by atoms with van der Waals surface area (Å²) < 4.78 is 5.66. The monoisotopic (exact) mass is 302 g/mol. The van der Waals surface area contributed by atoms with E-state index in [2.05, 4.69) is 42.5 Å². The van der Waals surface area contributed by atoms with Gasteiger partial charge >= 0.3 is 0 Å². The van der Waals surface area contributed by atoms with E-state index in [1.54, 1.807) is 0 Å². The van der Waals surface area contributed by atoms with Gasteiger partial charge < -0.3 is 14.9 Å². The summed E-state index contributed by atoms with van der Waals surface area (Å²) in [6.07, 6.45) is -2.07. The number of fused-ring (bicyclic) bond motifs is 7. The fourth-order valence-electron chi connectivity index (χ4n) is 4.46. The molecule has 0 spiro atoms. The summed E-state index contributed by atoms with van der Waals surface area (Å²) in [5, 5.41) is 23.1. The highest BCUT2D eigenvalue weighted by Gasteiger charge is 2.54. The van der Waals surface area contributed by atoms with Crippen molar-refractivity contribution in [1.29, 1.82) is 0 Å². The fourth-order valence-corrected chi connectivity index (χ4v) is 4.46. The first-order valence-corrected chi connectivity index (χ1v) is 7.96. The Hall–Kier alpha value is -2.20. The molecule has 1 aliphatic heterocycles. The third-order valence-electron chi connectivity index (χ3n) is 5.53. The zero-order valence-corrected chi connectivity index (χ0v) is 12.2. The van der Waals surface area contributed by atoms with Crippen LogP contribution in [0.5, 0.6) is 0 Å². The van der Waals surface area contributed by atoms with Crippen molar-refractivity contribution in [3.8, 4) is 22.3 Å². The van der Waals surface area contributed by atoms with Crippen LogP contribution < -0.4 is 0 Å². The summed E-state index contributed by atoms with van der Waals surface area (Å²) in [6.45, 7) is 0. The average Bonchev–Trinajstić information content (AvgIpc) is 3.32. The first-order chi connectivity index (χ1) is 11.3. The van der Waals surface area contributed by atoms with Crippen molar-refractivity contribution in [3.05, 3.63) is 59.7 Å². The summed E-state index contributed by atoms with van der Waals surface area (Å²) in [7, 11) is 0. The Morgan fingerprint density at radius 1 is 0.826 bits per heavy atom. The van der Waals surface area contributed by atoms with Gasteiger partial charge in [0.1, 0.15) is 24.4 Å². The highest BCUT2D eigenvalue weighted by atomic mass is 16.6. The van der Waals surface area contributed by atoms with Crippen LogP contribution in [0.3, 0.4) is 0 Å². The third-order valence-corrected chi connectivity index (χ3v) is 5.53. The molecule has 1 saturated heterocycles. The van der Waals surface area contributed by atoms with E-state index in [1.165, 1.54) is 22.1 Å². The van der Waals surface area contributed by atoms with Gasteiger partial charge in [0.15, 0.2) is 0 Å². The summed E-state index contributed by atoms with van der Waals surface area (Å²) in [6, 6.07) is 16.8. The van der Waals surface area contributed by atoms with Crippen molar-refractivity contribution >= 4 is 10.8 Å². The Balaban J connectivity index is 1.79. The summed E-state index contributed by atoms with van der Waals surface area (Å²) in [5.41, 5.74) is 6.69. The normalized spacial score (nSPS) is 29.1. The van der Waals surface area contributed by atoms with Crippen LogP contribution in [0.15, 0.2) is 48.5 Å². The van der Waals surface area contributed by atoms with Crippen LogP contribution in [0, 0.1) is 0 Å². The van der Waals surface area contributed by atoms with Crippen LogP contribution in [0.4, 0.5) is 0 Å². The Labute approximate surface area is 132 Å². The number of rotatable bonds is 0. The summed E-state index contributed by atoms with van der Waals surface area (Å²) >= 11 is 0. The molecule has 1 fully saturated rings. The first kappa shape index (κ1) is 12.3. The Morgan fingerprint density at radius 3 is 2.39 bits per heavy atom. The van der Waals surface area contributed by atoms with Gasteiger partial charge in [-0.2, -0.15) is 0 Å². The van der Waals surface area contributed by atoms with E-state index in [9.17, 15) is 10.2 Å². The van der Waals surface area contributed by atoms with E-state index in [0.29, 0.717) is 0 Å². The maximum atomic E-state index is 10.5. The molecule has 0 saturated carbocycles. The van der Waals surface area contributed by atoms with Crippen LogP contribution >= 0.6 is 0 Å². The Bertz CT molecular complexity index is 1010. The second-order valence-electron chi connectivity index (χ2n) is 6.66. The topological polar surface area (TPSA) is 53.0 Å². The second kappa shape index (κ2) is 3.82. The molecular formula is C20H14O3. The number of aliphatic hydroxyl groups is 2. The smallest absolute Gasteiger partial charge is 0.118 e. The van der Waals surface area contributed by atoms with Gasteiger partial charge in [-0.3, -0.25) is 0 Å². The highest BCUT2D eigenvalue weighted by molar-refractivity contribution is 6.16. The first-order valence-electron chi connectivity index (χ1n) is 7.96. The molecule has 2 aliphatic carbocycles. The van der Waals surface area contributed by atoms with Crippen LogP contribution in [0.1, 0.15) is 23.3 Å². The molecule has 3 heteroatoms. The van der Waals surface area contributed by atoms with Gasteiger partial charge in [-0.15, -0.1) is 0 Å². The number of ether oxygens (including phenoxy) is 1. The number of benzene rings is 3. The maximum Gasteiger partial charge on any atom is 0.118 e. The van der Waals surface area contributed by atoms with E-state index in [-0.39, 0.29) is 12.2 Å². The average molecular weight is 302 g/mol. The minimum atomic E-state index is -0.884. The molecule has 23 heavy (non-hydrogen) atoms. The molecule has 6 rings (SSSR count). The molecule has 0 bridgehead atoms. The van der Waals surface area contributed by atoms with Crippen LogP contribution in [0.25, 0.3) is 33.0 Å². The lowest BCUT2D eigenvalue weighted by atomic mass is 9.82. The maximum absolute atomic E-state index is 10.5. The van der Waals surface area contributed by atoms with E-state index >= 15 is 0 Å². The van der Waals surface area contributed by atoms with Gasteiger partial charge in [-0.1, -0.05) is 42.5 Å². The lowest BCUT2D eigenvalue weighted by Crippen LogP contribution is -2.29. The molecule has 0 unspecified atom stereocenters. The predicted octanol–water partition coefficient (Wildman–Crippen LogP) is 3.34.